The predicted octanol–water partition coefficient (Wildman–Crippen LogP) is 1.95. The standard InChI is InChI=1S/C32H44FN7O6/c1-5-23-28(38-46-37-23)30(42)36-29(26(19-6-7-19)20-8-9-20)31(43)34-24-11-10-21(16-22(24)33)18(2)27(35-25(41)17-45-4)32(44)40-14-12-39(3)13-15-40/h10-11,16,18-20,26-27,29H,5-9,12-15,17H2,1-4H3,(H,34,43)(H,35,41)(H,36,42). The average molecular weight is 642 g/mol. The van der Waals surface area contributed by atoms with Crippen molar-refractivity contribution in [2.45, 2.75) is 64.0 Å². The first kappa shape index (κ1) is 33.5. The van der Waals surface area contributed by atoms with Crippen molar-refractivity contribution in [3.63, 3.8) is 0 Å². The van der Waals surface area contributed by atoms with E-state index in [1.165, 1.54) is 19.2 Å². The maximum atomic E-state index is 15.7. The number of aromatic nitrogens is 2. The van der Waals surface area contributed by atoms with E-state index in [2.05, 4.69) is 31.2 Å². The molecule has 14 heteroatoms. The summed E-state index contributed by atoms with van der Waals surface area (Å²) in [6.45, 7) is 5.82. The highest BCUT2D eigenvalue weighted by atomic mass is 19.1. The van der Waals surface area contributed by atoms with Crippen molar-refractivity contribution in [1.29, 1.82) is 0 Å². The Hall–Kier alpha value is -3.91. The number of likely N-dealkylation sites (N-methyl/N-ethyl adjacent to an activating group) is 1. The highest BCUT2D eigenvalue weighted by Gasteiger charge is 2.48. The number of piperazine rings is 1. The monoisotopic (exact) mass is 641 g/mol. The zero-order valence-corrected chi connectivity index (χ0v) is 26.9. The van der Waals surface area contributed by atoms with Gasteiger partial charge in [0.2, 0.25) is 17.7 Å². The van der Waals surface area contributed by atoms with E-state index >= 15 is 4.39 Å². The number of aryl methyl sites for hydroxylation is 1. The molecular weight excluding hydrogens is 597 g/mol. The van der Waals surface area contributed by atoms with Gasteiger partial charge in [-0.3, -0.25) is 19.2 Å². The van der Waals surface area contributed by atoms with Crippen LogP contribution in [-0.4, -0.2) is 103 Å². The smallest absolute Gasteiger partial charge is 0.276 e. The summed E-state index contributed by atoms with van der Waals surface area (Å²) in [7, 11) is 3.38. The number of nitrogens with one attached hydrogen (secondary N) is 3. The van der Waals surface area contributed by atoms with E-state index in [0.29, 0.717) is 55.7 Å². The summed E-state index contributed by atoms with van der Waals surface area (Å²) < 4.78 is 25.4. The number of amides is 4. The van der Waals surface area contributed by atoms with Crippen molar-refractivity contribution >= 4 is 29.3 Å². The van der Waals surface area contributed by atoms with Gasteiger partial charge in [0.1, 0.15) is 30.2 Å². The second-order valence-electron chi connectivity index (χ2n) is 12.7. The van der Waals surface area contributed by atoms with Crippen LogP contribution in [0.5, 0.6) is 0 Å². The van der Waals surface area contributed by atoms with E-state index < -0.39 is 41.5 Å². The summed E-state index contributed by atoms with van der Waals surface area (Å²) in [5.74, 6) is -2.51. The number of hydrogen-bond donors (Lipinski definition) is 3. The van der Waals surface area contributed by atoms with Gasteiger partial charge in [-0.15, -0.1) is 0 Å². The first-order valence-electron chi connectivity index (χ1n) is 16.1. The quantitative estimate of drug-likeness (QED) is 0.280. The molecule has 2 aromatic rings. The van der Waals surface area contributed by atoms with E-state index in [-0.39, 0.29) is 29.8 Å². The van der Waals surface area contributed by atoms with Crippen molar-refractivity contribution in [3.05, 3.63) is 41.0 Å². The molecule has 3 aliphatic rings. The van der Waals surface area contributed by atoms with Crippen LogP contribution in [0.3, 0.4) is 0 Å². The van der Waals surface area contributed by atoms with Gasteiger partial charge >= 0.3 is 0 Å². The molecule has 1 saturated heterocycles. The molecule has 2 heterocycles. The number of hydrogen-bond acceptors (Lipinski definition) is 9. The van der Waals surface area contributed by atoms with Crippen molar-refractivity contribution in [3.8, 4) is 0 Å². The van der Waals surface area contributed by atoms with Gasteiger partial charge in [-0.1, -0.05) is 25.1 Å². The van der Waals surface area contributed by atoms with Crippen LogP contribution in [0.2, 0.25) is 0 Å². The first-order valence-corrected chi connectivity index (χ1v) is 16.1. The van der Waals surface area contributed by atoms with Crippen molar-refractivity contribution in [2.24, 2.45) is 17.8 Å². The third-order valence-electron chi connectivity index (χ3n) is 9.34. The minimum Gasteiger partial charge on any atom is -0.375 e. The lowest BCUT2D eigenvalue weighted by Crippen LogP contribution is -2.56. The topological polar surface area (TPSA) is 159 Å². The van der Waals surface area contributed by atoms with Gasteiger partial charge in [0.05, 0.1) is 5.69 Å². The van der Waals surface area contributed by atoms with E-state index in [1.54, 1.807) is 17.9 Å². The number of halogens is 1. The predicted molar refractivity (Wildman–Crippen MR) is 165 cm³/mol. The van der Waals surface area contributed by atoms with Crippen LogP contribution in [0.15, 0.2) is 22.8 Å². The molecule has 13 nitrogen and oxygen atoms in total. The number of benzene rings is 1. The zero-order valence-electron chi connectivity index (χ0n) is 26.9. The molecule has 0 bridgehead atoms. The molecule has 0 spiro atoms. The number of carbonyl (C=O) groups is 4. The minimum absolute atomic E-state index is 0.0356. The fourth-order valence-corrected chi connectivity index (χ4v) is 6.34. The molecule has 3 atom stereocenters. The summed E-state index contributed by atoms with van der Waals surface area (Å²) in [6, 6.07) is 2.52. The molecule has 3 fully saturated rings. The van der Waals surface area contributed by atoms with Gasteiger partial charge in [0.25, 0.3) is 5.91 Å². The molecule has 250 valence electrons. The van der Waals surface area contributed by atoms with Crippen molar-refractivity contribution in [1.82, 2.24) is 30.7 Å². The highest BCUT2D eigenvalue weighted by molar-refractivity contribution is 6.01. The van der Waals surface area contributed by atoms with Gasteiger partial charge in [-0.05, 0) is 79.8 Å². The van der Waals surface area contributed by atoms with Gasteiger partial charge in [-0.25, -0.2) is 9.02 Å². The normalized spacial score (nSPS) is 19.0. The Balaban J connectivity index is 1.33. The number of rotatable bonds is 14. The number of methoxy groups -OCH3 is 1. The Kier molecular flexibility index (Phi) is 10.7. The van der Waals surface area contributed by atoms with Crippen LogP contribution >= 0.6 is 0 Å². The fourth-order valence-electron chi connectivity index (χ4n) is 6.34. The molecular formula is C32H44FN7O6. The maximum absolute atomic E-state index is 15.7. The first-order chi connectivity index (χ1) is 22.1. The summed E-state index contributed by atoms with van der Waals surface area (Å²) in [6.07, 6.45) is 4.33. The zero-order chi connectivity index (χ0) is 33.0. The molecule has 0 radical (unpaired) electrons. The largest absolute Gasteiger partial charge is 0.375 e. The molecule has 1 aromatic carbocycles. The lowest BCUT2D eigenvalue weighted by Gasteiger charge is -2.36. The van der Waals surface area contributed by atoms with Crippen molar-refractivity contribution < 1.29 is 32.9 Å². The Morgan fingerprint density at radius 1 is 1.02 bits per heavy atom. The van der Waals surface area contributed by atoms with Crippen LogP contribution < -0.4 is 16.0 Å². The Bertz CT molecular complexity index is 1410. The van der Waals surface area contributed by atoms with Crippen LogP contribution in [0.1, 0.15) is 67.2 Å². The SMILES string of the molecule is CCc1nonc1C(=O)NC(C(=O)Nc1ccc(C(C)C(NC(=O)COC)C(=O)N2CCN(C)CC2)cc1F)C(C1CC1)C1CC1. The number of anilines is 1. The van der Waals surface area contributed by atoms with Gasteiger partial charge in [0.15, 0.2) is 5.69 Å². The fraction of sp³-hybridized carbons (Fsp3) is 0.625. The highest BCUT2D eigenvalue weighted by Crippen LogP contribution is 2.51. The third-order valence-corrected chi connectivity index (χ3v) is 9.34. The van der Waals surface area contributed by atoms with E-state index in [9.17, 15) is 19.2 Å². The molecule has 1 aliphatic heterocycles. The molecule has 46 heavy (non-hydrogen) atoms. The Morgan fingerprint density at radius 2 is 1.70 bits per heavy atom. The molecule has 2 saturated carbocycles. The minimum atomic E-state index is -0.942. The summed E-state index contributed by atoms with van der Waals surface area (Å²) >= 11 is 0. The second-order valence-corrected chi connectivity index (χ2v) is 12.7. The molecule has 3 N–H and O–H groups in total. The van der Waals surface area contributed by atoms with Crippen molar-refractivity contribution in [2.75, 3.05) is 52.3 Å². The van der Waals surface area contributed by atoms with Gasteiger partial charge < -0.3 is 30.5 Å². The average Bonchev–Trinajstić information content (AvgIpc) is 3.99. The lowest BCUT2D eigenvalue weighted by atomic mass is 9.88. The van der Waals surface area contributed by atoms with Crippen LogP contribution in [0.25, 0.3) is 0 Å². The molecule has 5 rings (SSSR count). The van der Waals surface area contributed by atoms with Crippen LogP contribution in [0, 0.1) is 23.6 Å². The molecule has 1 aromatic heterocycles. The van der Waals surface area contributed by atoms with Gasteiger partial charge in [-0.2, -0.15) is 0 Å². The molecule has 4 amide bonds. The number of carbonyl (C=O) groups excluding carboxylic acids is 4. The summed E-state index contributed by atoms with van der Waals surface area (Å²) in [5.41, 5.74) is 0.858. The van der Waals surface area contributed by atoms with Crippen LogP contribution in [-0.2, 0) is 25.5 Å². The van der Waals surface area contributed by atoms with E-state index in [0.717, 1.165) is 25.7 Å². The molecule has 2 aliphatic carbocycles. The maximum Gasteiger partial charge on any atom is 0.276 e. The third kappa shape index (κ3) is 7.89. The number of nitrogens with zero attached hydrogens (tertiary/aromatic N) is 4. The number of ether oxygens (including phenoxy) is 1. The Labute approximate surface area is 267 Å². The molecule has 3 unspecified atom stereocenters. The van der Waals surface area contributed by atoms with E-state index in [4.69, 9.17) is 9.37 Å². The second kappa shape index (κ2) is 14.7. The summed E-state index contributed by atoms with van der Waals surface area (Å²) in [4.78, 5) is 56.9. The van der Waals surface area contributed by atoms with Gasteiger partial charge in [0, 0.05) is 39.2 Å². The summed E-state index contributed by atoms with van der Waals surface area (Å²) in [5, 5.41) is 15.9. The Morgan fingerprint density at radius 3 is 2.28 bits per heavy atom. The van der Waals surface area contributed by atoms with E-state index in [1.807, 2.05) is 14.0 Å². The van der Waals surface area contributed by atoms with Crippen LogP contribution in [0.4, 0.5) is 10.1 Å². The lowest BCUT2D eigenvalue weighted by molar-refractivity contribution is -0.139.